The Morgan fingerprint density at radius 2 is 1.88 bits per heavy atom. The molecule has 24 heavy (non-hydrogen) atoms. The fourth-order valence-corrected chi connectivity index (χ4v) is 3.24. The van der Waals surface area contributed by atoms with Crippen molar-refractivity contribution in [3.05, 3.63) is 49.9 Å². The van der Waals surface area contributed by atoms with Crippen LogP contribution in [0.3, 0.4) is 0 Å². The van der Waals surface area contributed by atoms with Crippen molar-refractivity contribution in [3.63, 3.8) is 0 Å². The minimum Gasteiger partial charge on any atom is -0.354 e. The maximum absolute atomic E-state index is 12.3. The summed E-state index contributed by atoms with van der Waals surface area (Å²) in [6.45, 7) is 6.32. The van der Waals surface area contributed by atoms with Crippen molar-refractivity contribution in [2.75, 3.05) is 6.54 Å². The number of benzene rings is 1. The van der Waals surface area contributed by atoms with Gasteiger partial charge in [0.15, 0.2) is 0 Å². The van der Waals surface area contributed by atoms with E-state index in [1.165, 1.54) is 4.88 Å². The summed E-state index contributed by atoms with van der Waals surface area (Å²) in [7, 11) is 0. The molecule has 134 valence electrons. The number of amides is 1. The molecule has 8 heteroatoms. The van der Waals surface area contributed by atoms with Crippen molar-refractivity contribution in [2.24, 2.45) is 5.73 Å². The third kappa shape index (κ3) is 5.70. The van der Waals surface area contributed by atoms with Crippen LogP contribution in [0.4, 0.5) is 0 Å². The number of rotatable bonds is 5. The number of carbonyl (C=O) groups excluding carboxylic acids is 1. The van der Waals surface area contributed by atoms with Gasteiger partial charge in [-0.15, -0.1) is 36.2 Å². The molecular formula is C16H22BrCl2N3OS. The summed E-state index contributed by atoms with van der Waals surface area (Å²) in [6.07, 6.45) is 0.724. The molecule has 0 aliphatic rings. The first-order chi connectivity index (χ1) is 10.3. The number of nitrogens with zero attached hydrogens (tertiary/aromatic N) is 1. The normalized spacial score (nSPS) is 12.5. The van der Waals surface area contributed by atoms with Gasteiger partial charge >= 0.3 is 0 Å². The zero-order valence-electron chi connectivity index (χ0n) is 13.8. The summed E-state index contributed by atoms with van der Waals surface area (Å²) in [6, 6.07) is 7.48. The second-order valence-corrected chi connectivity index (χ2v) is 7.67. The highest BCUT2D eigenvalue weighted by atomic mass is 79.9. The van der Waals surface area contributed by atoms with E-state index in [0.29, 0.717) is 6.54 Å². The molecule has 0 spiro atoms. The summed E-state index contributed by atoms with van der Waals surface area (Å²) < 4.78 is 0.960. The Bertz CT molecular complexity index is 655. The van der Waals surface area contributed by atoms with Crippen LogP contribution in [0.5, 0.6) is 0 Å². The van der Waals surface area contributed by atoms with Crippen LogP contribution in [0.1, 0.15) is 28.1 Å². The van der Waals surface area contributed by atoms with Crippen LogP contribution in [0.2, 0.25) is 0 Å². The lowest BCUT2D eigenvalue weighted by molar-refractivity contribution is -0.126. The topological polar surface area (TPSA) is 68.0 Å². The lowest BCUT2D eigenvalue weighted by atomic mass is 9.92. The number of hydrogen-bond acceptors (Lipinski definition) is 4. The maximum Gasteiger partial charge on any atom is 0.244 e. The van der Waals surface area contributed by atoms with E-state index in [1.807, 2.05) is 31.2 Å². The van der Waals surface area contributed by atoms with E-state index in [2.05, 4.69) is 33.2 Å². The quantitative estimate of drug-likeness (QED) is 0.719. The van der Waals surface area contributed by atoms with E-state index >= 15 is 0 Å². The fourth-order valence-electron chi connectivity index (χ4n) is 2.04. The van der Waals surface area contributed by atoms with Crippen LogP contribution >= 0.6 is 52.1 Å². The smallest absolute Gasteiger partial charge is 0.244 e. The molecule has 1 amide bonds. The largest absolute Gasteiger partial charge is 0.354 e. The molecule has 0 radical (unpaired) electrons. The summed E-state index contributed by atoms with van der Waals surface area (Å²) in [5.74, 6) is -0.181. The van der Waals surface area contributed by atoms with Crippen molar-refractivity contribution in [1.82, 2.24) is 10.3 Å². The van der Waals surface area contributed by atoms with Crippen LogP contribution < -0.4 is 11.1 Å². The second kappa shape index (κ2) is 9.73. The van der Waals surface area contributed by atoms with Gasteiger partial charge < -0.3 is 11.1 Å². The van der Waals surface area contributed by atoms with Gasteiger partial charge in [-0.25, -0.2) is 4.98 Å². The van der Waals surface area contributed by atoms with E-state index in [4.69, 9.17) is 5.73 Å². The minimum absolute atomic E-state index is 0. The number of carbonyl (C=O) groups is 1. The molecule has 4 nitrogen and oxygen atoms in total. The highest BCUT2D eigenvalue weighted by Crippen LogP contribution is 2.21. The fraction of sp³-hybridized carbons (Fsp3) is 0.375. The first-order valence-electron chi connectivity index (χ1n) is 7.07. The predicted octanol–water partition coefficient (Wildman–Crippen LogP) is 3.90. The van der Waals surface area contributed by atoms with Gasteiger partial charge in [-0.1, -0.05) is 28.1 Å². The summed E-state index contributed by atoms with van der Waals surface area (Å²) in [5, 5.41) is 3.94. The van der Waals surface area contributed by atoms with Gasteiger partial charge in [0.25, 0.3) is 0 Å². The Hall–Kier alpha value is -0.660. The van der Waals surface area contributed by atoms with E-state index < -0.39 is 5.54 Å². The molecule has 0 aliphatic heterocycles. The molecule has 0 saturated carbocycles. The number of aryl methyl sites for hydroxylation is 2. The standard InChI is InChI=1S/C16H20BrN3OS.2ClH/c1-10-11(2)22-14(20-10)8-9-19-15(21)16(3,18)12-4-6-13(17)7-5-12;;/h4-7H,8-9,18H2,1-3H3,(H,19,21);2*1H. The first-order valence-corrected chi connectivity index (χ1v) is 8.68. The van der Waals surface area contributed by atoms with Crippen molar-refractivity contribution in [1.29, 1.82) is 0 Å². The summed E-state index contributed by atoms with van der Waals surface area (Å²) >= 11 is 5.05. The number of nitrogens with one attached hydrogen (secondary N) is 1. The minimum atomic E-state index is -1.05. The molecule has 0 saturated heterocycles. The number of hydrogen-bond donors (Lipinski definition) is 2. The van der Waals surface area contributed by atoms with Gasteiger partial charge in [0.1, 0.15) is 5.54 Å². The number of halogens is 3. The number of aromatic nitrogens is 1. The Balaban J connectivity index is 0.00000264. The van der Waals surface area contributed by atoms with Gasteiger partial charge in [0.05, 0.1) is 10.7 Å². The Labute approximate surface area is 167 Å². The summed E-state index contributed by atoms with van der Waals surface area (Å²) in [4.78, 5) is 18.0. The molecule has 1 unspecified atom stereocenters. The summed E-state index contributed by atoms with van der Waals surface area (Å²) in [5.41, 5.74) is 7.00. The van der Waals surface area contributed by atoms with Crippen LogP contribution in [0.25, 0.3) is 0 Å². The molecule has 1 heterocycles. The molecule has 1 aromatic heterocycles. The van der Waals surface area contributed by atoms with E-state index in [0.717, 1.165) is 27.2 Å². The molecule has 2 rings (SSSR count). The van der Waals surface area contributed by atoms with Crippen molar-refractivity contribution < 1.29 is 4.79 Å². The van der Waals surface area contributed by atoms with Crippen molar-refractivity contribution in [2.45, 2.75) is 32.7 Å². The van der Waals surface area contributed by atoms with E-state index in [1.54, 1.807) is 18.3 Å². The molecule has 0 bridgehead atoms. The van der Waals surface area contributed by atoms with Crippen molar-refractivity contribution >= 4 is 58.0 Å². The van der Waals surface area contributed by atoms with E-state index in [9.17, 15) is 4.79 Å². The van der Waals surface area contributed by atoms with Crippen LogP contribution in [-0.4, -0.2) is 17.4 Å². The van der Waals surface area contributed by atoms with Gasteiger partial charge in [-0.3, -0.25) is 4.79 Å². The van der Waals surface area contributed by atoms with Crippen LogP contribution in [0, 0.1) is 13.8 Å². The van der Waals surface area contributed by atoms with Gasteiger partial charge in [-0.2, -0.15) is 0 Å². The van der Waals surface area contributed by atoms with Crippen LogP contribution in [-0.2, 0) is 16.8 Å². The third-order valence-electron chi connectivity index (χ3n) is 3.61. The van der Waals surface area contributed by atoms with Crippen LogP contribution in [0.15, 0.2) is 28.7 Å². The Morgan fingerprint density at radius 3 is 2.38 bits per heavy atom. The lowest BCUT2D eigenvalue weighted by Gasteiger charge is -2.24. The van der Waals surface area contributed by atoms with E-state index in [-0.39, 0.29) is 30.7 Å². The van der Waals surface area contributed by atoms with Gasteiger partial charge in [0.2, 0.25) is 5.91 Å². The zero-order chi connectivity index (χ0) is 16.3. The Kier molecular flexibility index (Phi) is 9.46. The maximum atomic E-state index is 12.3. The zero-order valence-corrected chi connectivity index (χ0v) is 17.8. The molecule has 1 atom stereocenters. The predicted molar refractivity (Wildman–Crippen MR) is 108 cm³/mol. The molecule has 3 N–H and O–H groups in total. The third-order valence-corrected chi connectivity index (χ3v) is 5.27. The van der Waals surface area contributed by atoms with Gasteiger partial charge in [-0.05, 0) is 38.5 Å². The molecule has 0 aliphatic carbocycles. The molecule has 2 aromatic rings. The van der Waals surface area contributed by atoms with Crippen molar-refractivity contribution in [3.8, 4) is 0 Å². The average molecular weight is 455 g/mol. The number of thiazole rings is 1. The monoisotopic (exact) mass is 453 g/mol. The van der Waals surface area contributed by atoms with Gasteiger partial charge in [0, 0.05) is 22.3 Å². The lowest BCUT2D eigenvalue weighted by Crippen LogP contribution is -2.49. The highest BCUT2D eigenvalue weighted by molar-refractivity contribution is 9.10. The SMILES string of the molecule is Cc1nc(CCNC(=O)C(C)(N)c2ccc(Br)cc2)sc1C.Cl.Cl. The molecular weight excluding hydrogens is 433 g/mol. The second-order valence-electron chi connectivity index (χ2n) is 5.46. The average Bonchev–Trinajstić information content (AvgIpc) is 2.78. The molecule has 1 aromatic carbocycles. The Morgan fingerprint density at radius 1 is 1.29 bits per heavy atom. The number of nitrogens with two attached hydrogens (primary N) is 1. The highest BCUT2D eigenvalue weighted by Gasteiger charge is 2.30. The first kappa shape index (κ1) is 23.3. The molecule has 0 fully saturated rings.